The Morgan fingerprint density at radius 1 is 1.04 bits per heavy atom. The molecular formula is C24H24N2OS. The van der Waals surface area contributed by atoms with E-state index in [9.17, 15) is 0 Å². The highest BCUT2D eigenvalue weighted by Crippen LogP contribution is 2.33. The van der Waals surface area contributed by atoms with Gasteiger partial charge in [0.15, 0.2) is 0 Å². The molecule has 4 rings (SSSR count). The Morgan fingerprint density at radius 2 is 1.82 bits per heavy atom. The Bertz CT molecular complexity index is 1130. The summed E-state index contributed by atoms with van der Waals surface area (Å²) < 4.78 is 7.79. The molecule has 2 aromatic carbocycles. The first-order valence-electron chi connectivity index (χ1n) is 9.34. The van der Waals surface area contributed by atoms with E-state index in [1.54, 1.807) is 18.9 Å². The number of aromatic nitrogens is 2. The van der Waals surface area contributed by atoms with Crippen molar-refractivity contribution >= 4 is 22.7 Å². The molecule has 2 aromatic heterocycles. The second-order valence-electron chi connectivity index (χ2n) is 6.93. The van der Waals surface area contributed by atoms with Crippen molar-refractivity contribution in [1.29, 1.82) is 0 Å². The molecule has 142 valence electrons. The van der Waals surface area contributed by atoms with Gasteiger partial charge in [0.2, 0.25) is 0 Å². The first-order valence-corrected chi connectivity index (χ1v) is 10.6. The molecule has 0 unspecified atom stereocenters. The van der Waals surface area contributed by atoms with Crippen LogP contribution in [0.5, 0.6) is 5.75 Å². The van der Waals surface area contributed by atoms with E-state index in [0.717, 1.165) is 23.6 Å². The quantitative estimate of drug-likeness (QED) is 0.387. The molecule has 4 aromatic rings. The maximum absolute atomic E-state index is 5.41. The van der Waals surface area contributed by atoms with E-state index in [4.69, 9.17) is 9.72 Å². The Balaban J connectivity index is 1.89. The van der Waals surface area contributed by atoms with E-state index >= 15 is 0 Å². The van der Waals surface area contributed by atoms with Crippen LogP contribution in [0.1, 0.15) is 16.8 Å². The molecular weight excluding hydrogens is 364 g/mol. The summed E-state index contributed by atoms with van der Waals surface area (Å²) in [5.74, 6) is 0.884. The lowest BCUT2D eigenvalue weighted by atomic mass is 10.1. The van der Waals surface area contributed by atoms with Crippen LogP contribution in [0.2, 0.25) is 0 Å². The third-order valence-electron chi connectivity index (χ3n) is 5.38. The van der Waals surface area contributed by atoms with Crippen LogP contribution in [0.15, 0.2) is 65.7 Å². The number of nitrogens with zero attached hydrogens (tertiary/aromatic N) is 2. The number of hydrogen-bond donors (Lipinski definition) is 0. The highest BCUT2D eigenvalue weighted by Gasteiger charge is 2.16. The average molecular weight is 389 g/mol. The maximum atomic E-state index is 5.41. The number of benzene rings is 2. The fourth-order valence-corrected chi connectivity index (χ4v) is 4.11. The Kier molecular flexibility index (Phi) is 5.14. The van der Waals surface area contributed by atoms with Gasteiger partial charge < -0.3 is 9.30 Å². The summed E-state index contributed by atoms with van der Waals surface area (Å²) in [6.45, 7) is 5.17. The third-order valence-corrected chi connectivity index (χ3v) is 6.13. The Hall–Kier alpha value is -2.72. The van der Waals surface area contributed by atoms with Crippen LogP contribution in [0.4, 0.5) is 0 Å². The van der Waals surface area contributed by atoms with Gasteiger partial charge >= 0.3 is 0 Å². The average Bonchev–Trinajstić information content (AvgIpc) is 2.99. The highest BCUT2D eigenvalue weighted by molar-refractivity contribution is 7.98. The molecule has 0 amide bonds. The number of fused-ring (bicyclic) bond motifs is 1. The summed E-state index contributed by atoms with van der Waals surface area (Å²) in [6.07, 6.45) is 4.02. The van der Waals surface area contributed by atoms with Crippen LogP contribution < -0.4 is 4.74 Å². The number of ether oxygens (including phenoxy) is 1. The zero-order valence-corrected chi connectivity index (χ0v) is 17.5. The molecule has 3 nitrogen and oxygen atoms in total. The van der Waals surface area contributed by atoms with E-state index in [2.05, 4.69) is 67.1 Å². The topological polar surface area (TPSA) is 27.1 Å². The summed E-state index contributed by atoms with van der Waals surface area (Å²) in [5, 5.41) is 1.26. The number of thioether (sulfide) groups is 1. The second kappa shape index (κ2) is 7.72. The summed E-state index contributed by atoms with van der Waals surface area (Å²) in [4.78, 5) is 6.03. The van der Waals surface area contributed by atoms with Crippen molar-refractivity contribution in [2.75, 3.05) is 13.4 Å². The zero-order valence-electron chi connectivity index (χ0n) is 16.7. The molecule has 0 N–H and O–H groups in total. The molecule has 0 saturated carbocycles. The number of methoxy groups -OCH3 is 1. The van der Waals surface area contributed by atoms with E-state index in [1.165, 1.54) is 32.6 Å². The van der Waals surface area contributed by atoms with Crippen LogP contribution in [0.3, 0.4) is 0 Å². The summed E-state index contributed by atoms with van der Waals surface area (Å²) in [7, 11) is 1.71. The molecule has 2 heterocycles. The summed E-state index contributed by atoms with van der Waals surface area (Å²) >= 11 is 1.75. The van der Waals surface area contributed by atoms with Crippen molar-refractivity contribution in [2.24, 2.45) is 0 Å². The monoisotopic (exact) mass is 388 g/mol. The normalized spacial score (nSPS) is 11.1. The van der Waals surface area contributed by atoms with E-state index < -0.39 is 0 Å². The molecule has 0 atom stereocenters. The van der Waals surface area contributed by atoms with E-state index in [1.807, 2.05) is 18.3 Å². The molecule has 0 radical (unpaired) electrons. The molecule has 0 aliphatic rings. The first-order chi connectivity index (χ1) is 13.6. The zero-order chi connectivity index (χ0) is 19.7. The van der Waals surface area contributed by atoms with E-state index in [0.29, 0.717) is 0 Å². The minimum absolute atomic E-state index is 0.787. The number of aryl methyl sites for hydroxylation is 1. The van der Waals surface area contributed by atoms with Crippen molar-refractivity contribution in [3.8, 4) is 17.0 Å². The minimum atomic E-state index is 0.787. The van der Waals surface area contributed by atoms with Gasteiger partial charge in [-0.1, -0.05) is 24.3 Å². The molecule has 0 aliphatic heterocycles. The molecule has 0 spiro atoms. The standard InChI is InChI=1S/C24H24N2OS/c1-16-17(2)26(15-18-6-5-7-20(14-18)27-3)24-22(16)12-13-25-23(24)19-8-10-21(28-4)11-9-19/h5-14H,15H2,1-4H3. The Morgan fingerprint density at radius 3 is 2.54 bits per heavy atom. The van der Waals surface area contributed by atoms with Crippen LogP contribution >= 0.6 is 11.8 Å². The van der Waals surface area contributed by atoms with Gasteiger partial charge in [-0.05, 0) is 61.6 Å². The lowest BCUT2D eigenvalue weighted by Gasteiger charge is -2.12. The summed E-state index contributed by atoms with van der Waals surface area (Å²) in [6, 6.07) is 19.1. The SMILES string of the molecule is COc1cccc(Cn2c(C)c(C)c3ccnc(-c4ccc(SC)cc4)c32)c1. The van der Waals surface area contributed by atoms with Crippen LogP contribution in [0.25, 0.3) is 22.2 Å². The number of rotatable bonds is 5. The smallest absolute Gasteiger partial charge is 0.119 e. The van der Waals surface area contributed by atoms with Crippen molar-refractivity contribution in [3.63, 3.8) is 0 Å². The van der Waals surface area contributed by atoms with Crippen LogP contribution in [-0.2, 0) is 6.54 Å². The van der Waals surface area contributed by atoms with Gasteiger partial charge in [0.1, 0.15) is 5.75 Å². The largest absolute Gasteiger partial charge is 0.497 e. The van der Waals surface area contributed by atoms with Gasteiger partial charge in [-0.3, -0.25) is 4.98 Å². The van der Waals surface area contributed by atoms with Crippen molar-refractivity contribution < 1.29 is 4.74 Å². The second-order valence-corrected chi connectivity index (χ2v) is 7.81. The van der Waals surface area contributed by atoms with Gasteiger partial charge in [-0.15, -0.1) is 11.8 Å². The fraction of sp³-hybridized carbons (Fsp3) is 0.208. The molecule has 0 saturated heterocycles. The minimum Gasteiger partial charge on any atom is -0.497 e. The molecule has 28 heavy (non-hydrogen) atoms. The van der Waals surface area contributed by atoms with Gasteiger partial charge in [0, 0.05) is 34.3 Å². The van der Waals surface area contributed by atoms with E-state index in [-0.39, 0.29) is 0 Å². The van der Waals surface area contributed by atoms with Gasteiger partial charge in [0.05, 0.1) is 18.3 Å². The van der Waals surface area contributed by atoms with Gasteiger partial charge in [-0.2, -0.15) is 0 Å². The maximum Gasteiger partial charge on any atom is 0.119 e. The predicted octanol–water partition coefficient (Wildman–Crippen LogP) is 6.10. The van der Waals surface area contributed by atoms with Crippen LogP contribution in [-0.4, -0.2) is 22.9 Å². The van der Waals surface area contributed by atoms with Crippen molar-refractivity contribution in [1.82, 2.24) is 9.55 Å². The molecule has 4 heteroatoms. The lowest BCUT2D eigenvalue weighted by molar-refractivity contribution is 0.414. The van der Waals surface area contributed by atoms with Crippen molar-refractivity contribution in [3.05, 3.63) is 77.6 Å². The Labute approximate surface area is 170 Å². The third kappa shape index (κ3) is 3.29. The highest BCUT2D eigenvalue weighted by atomic mass is 32.2. The number of hydrogen-bond acceptors (Lipinski definition) is 3. The van der Waals surface area contributed by atoms with Gasteiger partial charge in [0.25, 0.3) is 0 Å². The fourth-order valence-electron chi connectivity index (χ4n) is 3.71. The van der Waals surface area contributed by atoms with Gasteiger partial charge in [-0.25, -0.2) is 0 Å². The molecule has 0 aliphatic carbocycles. The molecule has 0 bridgehead atoms. The predicted molar refractivity (Wildman–Crippen MR) is 119 cm³/mol. The summed E-state index contributed by atoms with van der Waals surface area (Å²) in [5.41, 5.74) is 7.16. The lowest BCUT2D eigenvalue weighted by Crippen LogP contribution is -2.03. The number of pyridine rings is 1. The first kappa shape index (κ1) is 18.6. The van der Waals surface area contributed by atoms with Crippen LogP contribution in [0, 0.1) is 13.8 Å². The van der Waals surface area contributed by atoms with Crippen molar-refractivity contribution in [2.45, 2.75) is 25.3 Å². The molecule has 0 fully saturated rings.